The number of urea groups is 1. The van der Waals surface area contributed by atoms with Crippen molar-refractivity contribution in [1.82, 2.24) is 20.1 Å². The molecular formula is C35H32F9N5O4. The molecule has 9 nitrogen and oxygen atoms in total. The van der Waals surface area contributed by atoms with Crippen LogP contribution in [0, 0.1) is 0 Å². The van der Waals surface area contributed by atoms with Crippen LogP contribution in [0.1, 0.15) is 51.1 Å². The van der Waals surface area contributed by atoms with Crippen LogP contribution in [0.5, 0.6) is 0 Å². The number of halogens is 9. The minimum Gasteiger partial charge on any atom is -0.475 e. The first-order chi connectivity index (χ1) is 24.8. The number of piperidine rings is 1. The standard InChI is InChI=1S/C33H31F6N5O2.C2HF3O2/c34-32(35,36)22-4-1-20(2-5-22)18-43-14-13-29-27(19-43)26-17-21(3-10-28(26)42-29)30(45)40-25-11-15-44(16-12-25)31(46)41-24-8-6-23(7-9-24)33(37,38)39;3-2(4,5)1(6)7/h1-10,17,25,42H,11-16,18-19H2,(H,40,45)(H,41,46);(H,6,7). The third-order valence-corrected chi connectivity index (χ3v) is 8.83. The molecule has 0 radical (unpaired) electrons. The van der Waals surface area contributed by atoms with Gasteiger partial charge in [0, 0.05) is 73.0 Å². The van der Waals surface area contributed by atoms with Gasteiger partial charge in [-0.15, -0.1) is 0 Å². The van der Waals surface area contributed by atoms with E-state index in [1.165, 1.54) is 24.3 Å². The first-order valence-electron chi connectivity index (χ1n) is 16.1. The number of nitrogens with one attached hydrogen (secondary N) is 3. The van der Waals surface area contributed by atoms with Crippen molar-refractivity contribution in [1.29, 1.82) is 0 Å². The van der Waals surface area contributed by atoms with E-state index in [0.29, 0.717) is 44.6 Å². The van der Waals surface area contributed by atoms with Crippen molar-refractivity contribution in [3.63, 3.8) is 0 Å². The lowest BCUT2D eigenvalue weighted by molar-refractivity contribution is -0.192. The second-order valence-electron chi connectivity index (χ2n) is 12.5. The molecule has 6 rings (SSSR count). The SMILES string of the molecule is O=C(NC1CCN(C(=O)Nc2ccc(C(F)(F)F)cc2)CC1)c1ccc2[nH]c3c(c2c1)CN(Cc1ccc(C(F)(F)F)cc1)CC3.O=C(O)C(F)(F)F. The molecule has 3 aromatic carbocycles. The Morgan fingerprint density at radius 3 is 1.91 bits per heavy atom. The van der Waals surface area contributed by atoms with Crippen molar-refractivity contribution in [2.24, 2.45) is 0 Å². The van der Waals surface area contributed by atoms with Gasteiger partial charge in [-0.05, 0) is 78.6 Å². The van der Waals surface area contributed by atoms with Crippen LogP contribution in [0.25, 0.3) is 10.9 Å². The molecular weight excluding hydrogens is 725 g/mol. The van der Waals surface area contributed by atoms with Crippen molar-refractivity contribution < 1.29 is 59.0 Å². The van der Waals surface area contributed by atoms with E-state index in [9.17, 15) is 49.1 Å². The Hall–Kier alpha value is -5.26. The van der Waals surface area contributed by atoms with E-state index in [-0.39, 0.29) is 17.6 Å². The zero-order valence-corrected chi connectivity index (χ0v) is 27.6. The number of benzene rings is 3. The number of aliphatic carboxylic acids is 1. The van der Waals surface area contributed by atoms with E-state index in [0.717, 1.165) is 65.0 Å². The van der Waals surface area contributed by atoms with Gasteiger partial charge in [0.25, 0.3) is 5.91 Å². The largest absolute Gasteiger partial charge is 0.490 e. The molecule has 3 amide bonds. The van der Waals surface area contributed by atoms with E-state index in [1.807, 2.05) is 12.1 Å². The van der Waals surface area contributed by atoms with E-state index in [1.54, 1.807) is 11.0 Å². The Kier molecular flexibility index (Phi) is 11.3. The average molecular weight is 758 g/mol. The number of amides is 3. The van der Waals surface area contributed by atoms with Gasteiger partial charge in [0.15, 0.2) is 0 Å². The fourth-order valence-electron chi connectivity index (χ4n) is 6.04. The zero-order valence-electron chi connectivity index (χ0n) is 27.6. The molecule has 18 heteroatoms. The fraction of sp³-hybridized carbons (Fsp3) is 0.343. The second kappa shape index (κ2) is 15.4. The Bertz CT molecular complexity index is 1930. The zero-order chi connectivity index (χ0) is 38.7. The first-order valence-corrected chi connectivity index (χ1v) is 16.1. The molecule has 3 heterocycles. The van der Waals surface area contributed by atoms with E-state index < -0.39 is 41.7 Å². The summed E-state index contributed by atoms with van der Waals surface area (Å²) in [5.74, 6) is -2.99. The van der Waals surface area contributed by atoms with Crippen LogP contribution in [0.4, 0.5) is 50.0 Å². The lowest BCUT2D eigenvalue weighted by Crippen LogP contribution is -2.47. The lowest BCUT2D eigenvalue weighted by Gasteiger charge is -2.32. The predicted octanol–water partition coefficient (Wildman–Crippen LogP) is 7.82. The Morgan fingerprint density at radius 2 is 1.36 bits per heavy atom. The maximum atomic E-state index is 13.2. The van der Waals surface area contributed by atoms with Crippen molar-refractivity contribution in [3.05, 3.63) is 100 Å². The molecule has 4 N–H and O–H groups in total. The molecule has 0 spiro atoms. The summed E-state index contributed by atoms with van der Waals surface area (Å²) in [6.07, 6.45) is -12.1. The summed E-state index contributed by atoms with van der Waals surface area (Å²) in [4.78, 5) is 41.9. The Morgan fingerprint density at radius 1 is 0.792 bits per heavy atom. The molecule has 0 aliphatic carbocycles. The van der Waals surface area contributed by atoms with Crippen LogP contribution in [0.2, 0.25) is 0 Å². The number of carboxylic acid groups (broad SMARTS) is 1. The number of hydrogen-bond acceptors (Lipinski definition) is 4. The molecule has 0 atom stereocenters. The molecule has 0 bridgehead atoms. The van der Waals surface area contributed by atoms with E-state index in [2.05, 4.69) is 20.5 Å². The number of aromatic amines is 1. The molecule has 0 unspecified atom stereocenters. The highest BCUT2D eigenvalue weighted by atomic mass is 19.4. The highest BCUT2D eigenvalue weighted by Crippen LogP contribution is 2.32. The predicted molar refractivity (Wildman–Crippen MR) is 174 cm³/mol. The summed E-state index contributed by atoms with van der Waals surface area (Å²) in [6.45, 7) is 2.59. The average Bonchev–Trinajstić information content (AvgIpc) is 3.45. The van der Waals surface area contributed by atoms with E-state index >= 15 is 0 Å². The summed E-state index contributed by atoms with van der Waals surface area (Å²) in [7, 11) is 0. The van der Waals surface area contributed by atoms with Gasteiger partial charge >= 0.3 is 30.5 Å². The van der Waals surface area contributed by atoms with Crippen molar-refractivity contribution >= 4 is 34.5 Å². The maximum absolute atomic E-state index is 13.2. The quantitative estimate of drug-likeness (QED) is 0.155. The van der Waals surface area contributed by atoms with Crippen LogP contribution < -0.4 is 10.6 Å². The van der Waals surface area contributed by atoms with Gasteiger partial charge in [-0.25, -0.2) is 9.59 Å². The molecule has 1 saturated heterocycles. The number of likely N-dealkylation sites (tertiary alicyclic amines) is 1. The summed E-state index contributed by atoms with van der Waals surface area (Å²) in [5, 5.41) is 13.7. The summed E-state index contributed by atoms with van der Waals surface area (Å²) in [5.41, 5.74) is 3.14. The van der Waals surface area contributed by atoms with Gasteiger partial charge < -0.3 is 25.6 Å². The van der Waals surface area contributed by atoms with Crippen LogP contribution >= 0.6 is 0 Å². The number of fused-ring (bicyclic) bond motifs is 3. The van der Waals surface area contributed by atoms with Crippen LogP contribution in [-0.4, -0.2) is 69.7 Å². The number of aromatic nitrogens is 1. The maximum Gasteiger partial charge on any atom is 0.490 e. The minimum atomic E-state index is -5.08. The summed E-state index contributed by atoms with van der Waals surface area (Å²) >= 11 is 0. The second-order valence-corrected chi connectivity index (χ2v) is 12.5. The van der Waals surface area contributed by atoms with Gasteiger partial charge in [-0.2, -0.15) is 39.5 Å². The molecule has 2 aliphatic heterocycles. The van der Waals surface area contributed by atoms with Gasteiger partial charge in [0.1, 0.15) is 0 Å². The van der Waals surface area contributed by atoms with Crippen LogP contribution in [-0.2, 0) is 36.7 Å². The minimum absolute atomic E-state index is 0.155. The van der Waals surface area contributed by atoms with Gasteiger partial charge in [-0.1, -0.05) is 12.1 Å². The number of carboxylic acids is 1. The number of nitrogens with zero attached hydrogens (tertiary/aromatic N) is 2. The third kappa shape index (κ3) is 10.00. The van der Waals surface area contributed by atoms with Crippen LogP contribution in [0.15, 0.2) is 66.7 Å². The molecule has 1 fully saturated rings. The topological polar surface area (TPSA) is 118 Å². The van der Waals surface area contributed by atoms with Gasteiger partial charge in [0.05, 0.1) is 11.1 Å². The Labute approximate surface area is 295 Å². The summed E-state index contributed by atoms with van der Waals surface area (Å²) < 4.78 is 109. The normalized spacial score (nSPS) is 15.7. The number of rotatable bonds is 5. The Balaban J connectivity index is 0.000000705. The number of hydrogen-bond donors (Lipinski definition) is 4. The molecule has 2 aliphatic rings. The fourth-order valence-corrected chi connectivity index (χ4v) is 6.04. The monoisotopic (exact) mass is 757 g/mol. The van der Waals surface area contributed by atoms with Gasteiger partial charge in [-0.3, -0.25) is 9.69 Å². The lowest BCUT2D eigenvalue weighted by atomic mass is 10.0. The number of carbonyl (C=O) groups is 3. The van der Waals surface area contributed by atoms with Gasteiger partial charge in [0.2, 0.25) is 0 Å². The molecule has 4 aromatic rings. The number of carbonyl (C=O) groups excluding carboxylic acids is 2. The smallest absolute Gasteiger partial charge is 0.475 e. The molecule has 53 heavy (non-hydrogen) atoms. The van der Waals surface area contributed by atoms with Crippen molar-refractivity contribution in [3.8, 4) is 0 Å². The molecule has 284 valence electrons. The number of H-pyrrole nitrogens is 1. The van der Waals surface area contributed by atoms with Crippen molar-refractivity contribution in [2.75, 3.05) is 25.0 Å². The third-order valence-electron chi connectivity index (χ3n) is 8.83. The summed E-state index contributed by atoms with van der Waals surface area (Å²) in [6, 6.07) is 14.4. The van der Waals surface area contributed by atoms with E-state index in [4.69, 9.17) is 9.90 Å². The molecule has 0 saturated carbocycles. The number of alkyl halides is 9. The highest BCUT2D eigenvalue weighted by molar-refractivity contribution is 5.99. The van der Waals surface area contributed by atoms with Crippen LogP contribution in [0.3, 0.4) is 0 Å². The first kappa shape index (κ1) is 39.0. The van der Waals surface area contributed by atoms with Crippen molar-refractivity contribution in [2.45, 2.75) is 56.9 Å². The molecule has 1 aromatic heterocycles. The number of anilines is 1. The highest BCUT2D eigenvalue weighted by Gasteiger charge is 2.38.